The van der Waals surface area contributed by atoms with Gasteiger partial charge >= 0.3 is 52.9 Å². The number of aliphatic hydroxyl groups is 2. The van der Waals surface area contributed by atoms with Gasteiger partial charge in [0.2, 0.25) is 5.91 Å². The van der Waals surface area contributed by atoms with Crippen LogP contribution in [-0.4, -0.2) is 143 Å². The van der Waals surface area contributed by atoms with Gasteiger partial charge in [-0.15, -0.1) is 0 Å². The van der Waals surface area contributed by atoms with Crippen molar-refractivity contribution in [2.45, 2.75) is 62.5 Å². The summed E-state index contributed by atoms with van der Waals surface area (Å²) in [6.45, 7) is -1.65. The summed E-state index contributed by atoms with van der Waals surface area (Å²) in [5.74, 6) is -1.67. The minimum Gasteiger partial charge on any atom is -0.481 e. The third-order valence-electron chi connectivity index (χ3n) is 8.23. The van der Waals surface area contributed by atoms with Crippen LogP contribution in [-0.2, 0) is 72.7 Å². The number of aliphatic hydroxyl groups excluding tert-OH is 2. The molecular formula is C25H37I3N10O27P6. The normalized spacial score (nSPS) is 23.9. The number of nitrogen functional groups attached to an aromatic ring is 1. The summed E-state index contributed by atoms with van der Waals surface area (Å²) in [6.07, 6.45) is -2.67. The number of anilines is 2. The summed E-state index contributed by atoms with van der Waals surface area (Å²) in [7, 11) is -33.2. The Labute approximate surface area is 435 Å². The molecular weight excluding hydrogens is 1440 g/mol. The molecule has 1 amide bonds. The lowest BCUT2D eigenvalue weighted by atomic mass is 10.2. The van der Waals surface area contributed by atoms with E-state index in [4.69, 9.17) is 44.8 Å². The predicted octanol–water partition coefficient (Wildman–Crippen LogP) is 1.60. The molecule has 46 heteroatoms. The van der Waals surface area contributed by atoms with Crippen LogP contribution in [0.5, 0.6) is 0 Å². The molecule has 2 fully saturated rings. The van der Waals surface area contributed by atoms with Crippen molar-refractivity contribution >= 4 is 161 Å². The van der Waals surface area contributed by atoms with Crippen molar-refractivity contribution in [2.24, 2.45) is 0 Å². The Bertz CT molecular complexity index is 2820. The van der Waals surface area contributed by atoms with E-state index in [1.54, 1.807) is 0 Å². The van der Waals surface area contributed by atoms with Gasteiger partial charge < -0.3 is 75.0 Å². The van der Waals surface area contributed by atoms with E-state index in [1.165, 1.54) is 28.1 Å². The van der Waals surface area contributed by atoms with E-state index in [0.29, 0.717) is 11.2 Å². The third kappa shape index (κ3) is 20.6. The Morgan fingerprint density at radius 1 is 0.662 bits per heavy atom. The first-order valence-corrected chi connectivity index (χ1v) is 31.1. The molecule has 14 N–H and O–H groups in total. The zero-order valence-corrected chi connectivity index (χ0v) is 46.4. The fourth-order valence-electron chi connectivity index (χ4n) is 5.66. The van der Waals surface area contributed by atoms with Gasteiger partial charge in [-0.25, -0.2) is 57.3 Å². The molecule has 2 aliphatic heterocycles. The molecule has 2 saturated heterocycles. The number of alkyl halides is 3. The van der Waals surface area contributed by atoms with Crippen LogP contribution < -0.4 is 11.1 Å². The van der Waals surface area contributed by atoms with E-state index in [-0.39, 0.29) is 42.1 Å². The molecule has 4 aromatic rings. The first kappa shape index (κ1) is 62.2. The maximum Gasteiger partial charge on any atom is 0.490 e. The van der Waals surface area contributed by atoms with E-state index in [0.717, 1.165) is 6.27 Å². The molecule has 0 bridgehead atoms. The molecule has 400 valence electrons. The number of aromatic nitrogens is 8. The van der Waals surface area contributed by atoms with E-state index in [9.17, 15) is 61.9 Å². The number of nitrogens with one attached hydrogen (secondary N) is 1. The van der Waals surface area contributed by atoms with Crippen LogP contribution >= 0.6 is 115 Å². The van der Waals surface area contributed by atoms with Gasteiger partial charge in [0.1, 0.15) is 42.8 Å². The number of imidazole rings is 2. The van der Waals surface area contributed by atoms with Gasteiger partial charge in [0, 0.05) is 19.3 Å². The molecule has 0 aliphatic carbocycles. The summed E-state index contributed by atoms with van der Waals surface area (Å²) in [6, 6.07) is 0. The lowest BCUT2D eigenvalue weighted by molar-refractivity contribution is -0.138. The highest BCUT2D eigenvalue weighted by Crippen LogP contribution is 2.67. The number of hydrogen-bond acceptors (Lipinski definition) is 25. The van der Waals surface area contributed by atoms with Crippen LogP contribution in [0.25, 0.3) is 22.3 Å². The standard InChI is InChI=1S/C14H20N5O15P3.C10H16N5O12P3.CHI3/c20-7-3-10(32-8(7)4-31-36(27,28)34-37(29,30)33-35(24,25)26)19-6-17-12-13(15-5-16-14(12)19)18-9(21)1-2-11(22)23;11-9-8-10(13-3-12-9)15(4-14-8)7-1-5(16)6(25-7)2-24-29(20,21)27-30(22,23)26-28(17,18)19;2-1(3)4/h5-8,10,20H,1-4H2,(H,22,23)(H,27,28)(H,29,30)(H2,24,25,26)(H,15,16,18,21);3-7,16H,1-2H2,(H,20,21)(H,22,23)(H2,11,12,13)(H2,17,18,19);1H/t7?,8-,10-;5?,6-,7-;/m11./s1. The molecule has 6 heterocycles. The average Bonchev–Trinajstić information content (AvgIpc) is 3.98. The second-order valence-corrected chi connectivity index (χ2v) is 33.2. The summed E-state index contributed by atoms with van der Waals surface area (Å²) < 4.78 is 106. The summed E-state index contributed by atoms with van der Waals surface area (Å²) in [4.78, 5) is 118. The van der Waals surface area contributed by atoms with E-state index < -0.39 is 115 Å². The number of hydrogen-bond donors (Lipinski definition) is 13. The zero-order chi connectivity index (χ0) is 53.5. The molecule has 71 heavy (non-hydrogen) atoms. The molecule has 10 atom stereocenters. The zero-order valence-electron chi connectivity index (χ0n) is 34.5. The van der Waals surface area contributed by atoms with Crippen LogP contribution in [0.2, 0.25) is 0 Å². The molecule has 2 aliphatic rings. The average molecular weight is 1480 g/mol. The van der Waals surface area contributed by atoms with Gasteiger partial charge in [0.05, 0.1) is 44.5 Å². The molecule has 0 spiro atoms. The molecule has 0 saturated carbocycles. The number of carbonyl (C=O) groups excluding carboxylic acids is 1. The first-order chi connectivity index (χ1) is 32.5. The fourth-order valence-corrected chi connectivity index (χ4v) is 11.7. The minimum atomic E-state index is -5.71. The summed E-state index contributed by atoms with van der Waals surface area (Å²) in [5, 5.41) is 31.5. The highest BCUT2D eigenvalue weighted by atomic mass is 127. The Balaban J connectivity index is 0.000000292. The van der Waals surface area contributed by atoms with Crippen LogP contribution in [0.1, 0.15) is 38.1 Å². The number of phosphoric acid groups is 6. The second-order valence-electron chi connectivity index (χ2n) is 13.5. The molecule has 6 unspecified atom stereocenters. The highest BCUT2D eigenvalue weighted by molar-refractivity contribution is 14.3. The maximum absolute atomic E-state index is 11.9. The summed E-state index contributed by atoms with van der Waals surface area (Å²) >= 11 is 6.95. The minimum absolute atomic E-state index is 0.000206. The lowest BCUT2D eigenvalue weighted by Crippen LogP contribution is -2.26. The third-order valence-corrected chi connectivity index (χ3v) is 15.8. The van der Waals surface area contributed by atoms with Gasteiger partial charge in [-0.05, 0) is 0 Å². The number of nitrogens with zero attached hydrogens (tertiary/aromatic N) is 8. The quantitative estimate of drug-likeness (QED) is 0.0339. The number of rotatable bonds is 20. The van der Waals surface area contributed by atoms with Crippen LogP contribution in [0, 0.1) is 0 Å². The van der Waals surface area contributed by atoms with E-state index >= 15 is 0 Å². The fraction of sp³-hybridized carbons (Fsp3) is 0.520. The number of phosphoric ester groups is 2. The van der Waals surface area contributed by atoms with Crippen LogP contribution in [0.4, 0.5) is 11.6 Å². The van der Waals surface area contributed by atoms with Gasteiger partial charge in [0.25, 0.3) is 0 Å². The van der Waals surface area contributed by atoms with Crippen LogP contribution in [0.3, 0.4) is 0 Å². The van der Waals surface area contributed by atoms with Crippen molar-refractivity contribution in [1.29, 1.82) is 0 Å². The van der Waals surface area contributed by atoms with Gasteiger partial charge in [-0.3, -0.25) is 27.8 Å². The number of ether oxygens (including phenoxy) is 2. The molecule has 6 rings (SSSR count). The van der Waals surface area contributed by atoms with Crippen molar-refractivity contribution in [3.8, 4) is 0 Å². The monoisotopic (exact) mass is 1480 g/mol. The summed E-state index contributed by atoms with van der Waals surface area (Å²) in [5.41, 5.74) is 6.57. The van der Waals surface area contributed by atoms with Crippen molar-refractivity contribution < 1.29 is 127 Å². The Kier molecular flexibility index (Phi) is 22.5. The number of carbonyl (C=O) groups is 2. The number of carboxylic acids is 1. The number of fused-ring (bicyclic) bond motifs is 2. The molecule has 0 radical (unpaired) electrons. The largest absolute Gasteiger partial charge is 0.490 e. The Hall–Kier alpha value is -1.31. The molecule has 4 aromatic heterocycles. The van der Waals surface area contributed by atoms with Gasteiger partial charge in [-0.2, -0.15) is 17.2 Å². The first-order valence-electron chi connectivity index (χ1n) is 18.3. The Morgan fingerprint density at radius 2 is 1.07 bits per heavy atom. The van der Waals surface area contributed by atoms with Gasteiger partial charge in [-0.1, -0.05) is 67.8 Å². The van der Waals surface area contributed by atoms with Crippen molar-refractivity contribution in [3.63, 3.8) is 0 Å². The Morgan fingerprint density at radius 3 is 1.49 bits per heavy atom. The smallest absolute Gasteiger partial charge is 0.481 e. The van der Waals surface area contributed by atoms with E-state index in [2.05, 4.69) is 129 Å². The predicted molar refractivity (Wildman–Crippen MR) is 255 cm³/mol. The van der Waals surface area contributed by atoms with Crippen molar-refractivity contribution in [3.05, 3.63) is 25.3 Å². The number of amides is 1. The van der Waals surface area contributed by atoms with Crippen molar-refractivity contribution in [2.75, 3.05) is 24.3 Å². The molecule has 37 nitrogen and oxygen atoms in total. The van der Waals surface area contributed by atoms with Crippen LogP contribution in [0.15, 0.2) is 25.3 Å². The van der Waals surface area contributed by atoms with E-state index in [1.807, 2.05) is 0 Å². The number of nitrogens with two attached hydrogens (primary N) is 1. The lowest BCUT2D eigenvalue weighted by Gasteiger charge is -2.19. The highest BCUT2D eigenvalue weighted by Gasteiger charge is 2.45. The number of carboxylic acid groups (broad SMARTS) is 1. The van der Waals surface area contributed by atoms with Gasteiger partial charge in [0.15, 0.2) is 28.4 Å². The SMILES string of the molecule is IC(I)I.Nc1ncnc2c1ncn2[C@H]1CC(O)[C@@H](COP(=O)(O)OP(=O)(O)OP(=O)(O)O)O1.O=C(O)CCC(=O)Nc1ncnc2c1ncn2[C@H]1CC(O)[C@@H](COP(=O)(O)OP(=O)(O)OP(=O)(O)O)O1. The van der Waals surface area contributed by atoms with Crippen molar-refractivity contribution in [1.82, 2.24) is 39.0 Å². The number of halogens is 3. The second kappa shape index (κ2) is 25.7. The topological polar surface area (TPSA) is 558 Å². The maximum atomic E-state index is 11.9. The molecule has 0 aromatic carbocycles. The number of aliphatic carboxylic acids is 1.